The van der Waals surface area contributed by atoms with E-state index >= 15 is 0 Å². The molecule has 0 unspecified atom stereocenters. The van der Waals surface area contributed by atoms with Gasteiger partial charge in [0.15, 0.2) is 6.61 Å². The number of aryl methyl sites for hydroxylation is 1. The van der Waals surface area contributed by atoms with Crippen LogP contribution in [-0.4, -0.2) is 29.7 Å². The SMILES string of the molecule is CC(C)(C)c1cc(CCC(=O)N/N=C\c2ccc(OCC(=O)Nc3ccc(I)cc3)cc2)cc(C(C)(C)C)c1O. The molecule has 3 rings (SSSR count). The Balaban J connectivity index is 1.49. The molecular formula is C32H38IN3O4. The molecule has 0 aliphatic carbocycles. The quantitative estimate of drug-likeness (QED) is 0.136. The molecule has 0 heterocycles. The molecule has 40 heavy (non-hydrogen) atoms. The molecule has 2 amide bonds. The Morgan fingerprint density at radius 1 is 0.900 bits per heavy atom. The molecule has 0 atom stereocenters. The molecule has 0 radical (unpaired) electrons. The maximum Gasteiger partial charge on any atom is 0.262 e. The molecule has 0 saturated heterocycles. The number of aromatic hydroxyl groups is 1. The van der Waals surface area contributed by atoms with Crippen molar-refractivity contribution >= 4 is 46.3 Å². The van der Waals surface area contributed by atoms with Crippen molar-refractivity contribution in [1.29, 1.82) is 0 Å². The number of nitrogens with zero attached hydrogens (tertiary/aromatic N) is 1. The Morgan fingerprint density at radius 2 is 1.48 bits per heavy atom. The van der Waals surface area contributed by atoms with Crippen molar-refractivity contribution in [2.45, 2.75) is 65.2 Å². The molecule has 0 saturated carbocycles. The predicted octanol–water partition coefficient (Wildman–Crippen LogP) is 6.69. The van der Waals surface area contributed by atoms with Crippen LogP contribution in [0.2, 0.25) is 0 Å². The summed E-state index contributed by atoms with van der Waals surface area (Å²) >= 11 is 2.21. The van der Waals surface area contributed by atoms with Crippen molar-refractivity contribution in [3.63, 3.8) is 0 Å². The van der Waals surface area contributed by atoms with Crippen molar-refractivity contribution in [3.8, 4) is 11.5 Å². The van der Waals surface area contributed by atoms with E-state index < -0.39 is 0 Å². The normalized spacial score (nSPS) is 11.9. The van der Waals surface area contributed by atoms with E-state index in [1.54, 1.807) is 30.5 Å². The average Bonchev–Trinajstić information content (AvgIpc) is 2.87. The summed E-state index contributed by atoms with van der Waals surface area (Å²) in [5.74, 6) is 0.445. The Labute approximate surface area is 250 Å². The first-order valence-corrected chi connectivity index (χ1v) is 14.3. The fourth-order valence-electron chi connectivity index (χ4n) is 4.00. The highest BCUT2D eigenvalue weighted by atomic mass is 127. The molecule has 0 bridgehead atoms. The van der Waals surface area contributed by atoms with Gasteiger partial charge in [0.25, 0.3) is 5.91 Å². The smallest absolute Gasteiger partial charge is 0.262 e. The minimum absolute atomic E-state index is 0.106. The van der Waals surface area contributed by atoms with Crippen LogP contribution in [0.15, 0.2) is 65.8 Å². The number of benzene rings is 3. The second-order valence-corrected chi connectivity index (χ2v) is 13.0. The van der Waals surface area contributed by atoms with Crippen molar-refractivity contribution in [2.75, 3.05) is 11.9 Å². The second-order valence-electron chi connectivity index (χ2n) is 11.7. The number of halogens is 1. The zero-order valence-electron chi connectivity index (χ0n) is 24.0. The first-order valence-electron chi connectivity index (χ1n) is 13.2. The maximum atomic E-state index is 12.5. The zero-order valence-corrected chi connectivity index (χ0v) is 26.1. The summed E-state index contributed by atoms with van der Waals surface area (Å²) in [4.78, 5) is 24.6. The van der Waals surface area contributed by atoms with Crippen molar-refractivity contribution in [3.05, 3.63) is 86.5 Å². The van der Waals surface area contributed by atoms with Gasteiger partial charge in [-0.3, -0.25) is 9.59 Å². The largest absolute Gasteiger partial charge is 0.507 e. The summed E-state index contributed by atoms with van der Waals surface area (Å²) < 4.78 is 6.65. The summed E-state index contributed by atoms with van der Waals surface area (Å²) in [5, 5.41) is 17.8. The van der Waals surface area contributed by atoms with Gasteiger partial charge in [-0.2, -0.15) is 5.10 Å². The topological polar surface area (TPSA) is 100 Å². The number of nitrogens with one attached hydrogen (secondary N) is 2. The first kappa shape index (κ1) is 31.1. The third kappa shape index (κ3) is 9.36. The van der Waals surface area contributed by atoms with E-state index in [4.69, 9.17) is 4.74 Å². The summed E-state index contributed by atoms with van der Waals surface area (Å²) in [6.45, 7) is 12.3. The lowest BCUT2D eigenvalue weighted by Gasteiger charge is -2.28. The van der Waals surface area contributed by atoms with E-state index in [0.29, 0.717) is 17.9 Å². The van der Waals surface area contributed by atoms with Gasteiger partial charge in [-0.05, 0) is 111 Å². The monoisotopic (exact) mass is 655 g/mol. The third-order valence-electron chi connectivity index (χ3n) is 6.21. The van der Waals surface area contributed by atoms with E-state index in [9.17, 15) is 14.7 Å². The Hall–Kier alpha value is -3.40. The number of hydrogen-bond acceptors (Lipinski definition) is 5. The molecule has 7 nitrogen and oxygen atoms in total. The van der Waals surface area contributed by atoms with Crippen LogP contribution in [0.5, 0.6) is 11.5 Å². The van der Waals surface area contributed by atoms with Gasteiger partial charge in [-0.25, -0.2) is 5.43 Å². The van der Waals surface area contributed by atoms with Crippen LogP contribution in [0.25, 0.3) is 0 Å². The van der Waals surface area contributed by atoms with Crippen LogP contribution in [0, 0.1) is 3.57 Å². The lowest BCUT2D eigenvalue weighted by Crippen LogP contribution is -2.20. The van der Waals surface area contributed by atoms with Gasteiger partial charge in [0.05, 0.1) is 6.21 Å². The van der Waals surface area contributed by atoms with E-state index in [-0.39, 0.29) is 35.7 Å². The molecular weight excluding hydrogens is 617 g/mol. The van der Waals surface area contributed by atoms with Crippen LogP contribution < -0.4 is 15.5 Å². The number of carbonyl (C=O) groups excluding carboxylic acids is 2. The van der Waals surface area contributed by atoms with Gasteiger partial charge in [-0.15, -0.1) is 0 Å². The van der Waals surface area contributed by atoms with Gasteiger partial charge in [0.2, 0.25) is 5.91 Å². The summed E-state index contributed by atoms with van der Waals surface area (Å²) in [5.41, 5.74) is 6.40. The van der Waals surface area contributed by atoms with Crippen LogP contribution in [0.4, 0.5) is 5.69 Å². The predicted molar refractivity (Wildman–Crippen MR) is 169 cm³/mol. The summed E-state index contributed by atoms with van der Waals surface area (Å²) in [7, 11) is 0. The minimum Gasteiger partial charge on any atom is -0.507 e. The second kappa shape index (κ2) is 13.3. The fourth-order valence-corrected chi connectivity index (χ4v) is 4.36. The van der Waals surface area contributed by atoms with E-state index in [1.165, 1.54) is 0 Å². The number of rotatable bonds is 9. The van der Waals surface area contributed by atoms with E-state index in [0.717, 1.165) is 31.5 Å². The van der Waals surface area contributed by atoms with Gasteiger partial charge >= 0.3 is 0 Å². The van der Waals surface area contributed by atoms with E-state index in [2.05, 4.69) is 80.0 Å². The average molecular weight is 656 g/mol. The standard InChI is InChI=1S/C32H38IN3O4/c1-31(2,3)26-17-22(18-27(30(26)39)32(4,5)6)9-16-28(37)36-34-19-21-7-14-25(15-8-21)40-20-29(38)35-24-12-10-23(33)11-13-24/h7-8,10-15,17-19,39H,9,16,20H2,1-6H3,(H,35,38)(H,36,37)/b34-19-. The molecule has 0 fully saturated rings. The number of ether oxygens (including phenoxy) is 1. The van der Waals surface area contributed by atoms with Gasteiger partial charge < -0.3 is 15.2 Å². The number of anilines is 1. The summed E-state index contributed by atoms with van der Waals surface area (Å²) in [6.07, 6.45) is 2.37. The molecule has 3 aromatic carbocycles. The Kier molecular flexibility index (Phi) is 10.4. The van der Waals surface area contributed by atoms with E-state index in [1.807, 2.05) is 36.4 Å². The van der Waals surface area contributed by atoms with Crippen molar-refractivity contribution in [1.82, 2.24) is 5.43 Å². The molecule has 0 spiro atoms. The molecule has 212 valence electrons. The van der Waals surface area contributed by atoms with Crippen molar-refractivity contribution in [2.24, 2.45) is 5.10 Å². The van der Waals surface area contributed by atoms with Crippen LogP contribution >= 0.6 is 22.6 Å². The highest BCUT2D eigenvalue weighted by Gasteiger charge is 2.26. The molecule has 3 aromatic rings. The highest BCUT2D eigenvalue weighted by molar-refractivity contribution is 14.1. The number of carbonyl (C=O) groups is 2. The van der Waals surface area contributed by atoms with Crippen LogP contribution in [0.3, 0.4) is 0 Å². The number of phenols is 1. The number of hydrogen-bond donors (Lipinski definition) is 3. The summed E-state index contributed by atoms with van der Waals surface area (Å²) in [6, 6.07) is 18.6. The Morgan fingerprint density at radius 3 is 2.02 bits per heavy atom. The lowest BCUT2D eigenvalue weighted by atomic mass is 9.78. The number of amides is 2. The molecule has 3 N–H and O–H groups in total. The zero-order chi connectivity index (χ0) is 29.5. The Bertz CT molecular complexity index is 1320. The van der Waals surface area contributed by atoms with Crippen LogP contribution in [0.1, 0.15) is 70.2 Å². The number of phenolic OH excluding ortho intramolecular Hbond substituents is 1. The van der Waals surface area contributed by atoms with Gasteiger partial charge in [0, 0.05) is 15.7 Å². The molecule has 0 aliphatic heterocycles. The molecule has 0 aliphatic rings. The van der Waals surface area contributed by atoms with Crippen LogP contribution in [-0.2, 0) is 26.8 Å². The van der Waals surface area contributed by atoms with Crippen molar-refractivity contribution < 1.29 is 19.4 Å². The minimum atomic E-state index is -0.244. The van der Waals surface area contributed by atoms with Gasteiger partial charge in [0.1, 0.15) is 11.5 Å². The molecule has 8 heteroatoms. The third-order valence-corrected chi connectivity index (χ3v) is 6.93. The first-order chi connectivity index (χ1) is 18.7. The maximum absolute atomic E-state index is 12.5. The molecule has 0 aromatic heterocycles. The number of hydrazone groups is 1. The fraction of sp³-hybridized carbons (Fsp3) is 0.344. The highest BCUT2D eigenvalue weighted by Crippen LogP contribution is 2.40. The lowest BCUT2D eigenvalue weighted by molar-refractivity contribution is -0.121. The van der Waals surface area contributed by atoms with Gasteiger partial charge in [-0.1, -0.05) is 53.7 Å².